The molecule has 0 spiro atoms. The van der Waals surface area contributed by atoms with Crippen molar-refractivity contribution in [1.82, 2.24) is 20.5 Å². The summed E-state index contributed by atoms with van der Waals surface area (Å²) in [7, 11) is 0. The van der Waals surface area contributed by atoms with Crippen LogP contribution in [0.5, 0.6) is 0 Å². The Labute approximate surface area is 207 Å². The van der Waals surface area contributed by atoms with Crippen molar-refractivity contribution in [3.8, 4) is 0 Å². The molecule has 190 valence electrons. The molecule has 1 aromatic rings. The highest BCUT2D eigenvalue weighted by molar-refractivity contribution is 6.08. The lowest BCUT2D eigenvalue weighted by Gasteiger charge is -2.26. The van der Waals surface area contributed by atoms with Gasteiger partial charge >= 0.3 is 0 Å². The van der Waals surface area contributed by atoms with E-state index < -0.39 is 0 Å². The lowest BCUT2D eigenvalue weighted by Crippen LogP contribution is -2.38. The Bertz CT molecular complexity index is 964. The Balaban J connectivity index is 1.56. The molecule has 1 saturated heterocycles. The Kier molecular flexibility index (Phi) is 10.00. The van der Waals surface area contributed by atoms with E-state index in [0.717, 1.165) is 68.3 Å². The quantitative estimate of drug-likeness (QED) is 0.113. The first-order chi connectivity index (χ1) is 17.0. The maximum atomic E-state index is 7.86. The van der Waals surface area contributed by atoms with Crippen LogP contribution in [0.2, 0.25) is 0 Å². The van der Waals surface area contributed by atoms with Gasteiger partial charge in [-0.1, -0.05) is 0 Å². The molecule has 1 aromatic heterocycles. The summed E-state index contributed by atoms with van der Waals surface area (Å²) >= 11 is 0. The molecule has 8 N–H and O–H groups in total. The van der Waals surface area contributed by atoms with E-state index >= 15 is 0 Å². The van der Waals surface area contributed by atoms with Crippen LogP contribution in [0.4, 0.5) is 5.69 Å². The largest absolute Gasteiger partial charge is 0.489 e. The summed E-state index contributed by atoms with van der Waals surface area (Å²) in [6.45, 7) is 9.35. The number of fused-ring (bicyclic) bond motifs is 1. The fourth-order valence-electron chi connectivity index (χ4n) is 3.76. The summed E-state index contributed by atoms with van der Waals surface area (Å²) in [4.78, 5) is 6.96. The first-order valence-corrected chi connectivity index (χ1v) is 12.0. The minimum Gasteiger partial charge on any atom is -0.489 e. The van der Waals surface area contributed by atoms with E-state index in [-0.39, 0.29) is 12.3 Å². The minimum absolute atomic E-state index is 0.00623. The SMILES string of the molecule is CC(C)OC(/C=C(\N)NC1C=Cc2ncc(/C(C=N)=C/NCCCN3CCOCC3)cc2N1)=C/N. The zero-order valence-electron chi connectivity index (χ0n) is 20.6. The molecular formula is C25H38N8O2. The molecule has 0 saturated carbocycles. The molecule has 2 aliphatic rings. The average molecular weight is 483 g/mol. The van der Waals surface area contributed by atoms with Crippen LogP contribution in [0.3, 0.4) is 0 Å². The minimum atomic E-state index is -0.236. The molecule has 0 aromatic carbocycles. The van der Waals surface area contributed by atoms with Crippen molar-refractivity contribution in [3.63, 3.8) is 0 Å². The second-order valence-electron chi connectivity index (χ2n) is 8.62. The Morgan fingerprint density at radius 3 is 2.91 bits per heavy atom. The molecule has 0 radical (unpaired) electrons. The summed E-state index contributed by atoms with van der Waals surface area (Å²) in [5.41, 5.74) is 15.0. The van der Waals surface area contributed by atoms with Gasteiger partial charge < -0.3 is 42.3 Å². The molecule has 1 unspecified atom stereocenters. The zero-order valence-corrected chi connectivity index (χ0v) is 20.6. The molecule has 10 nitrogen and oxygen atoms in total. The molecule has 2 aliphatic heterocycles. The number of allylic oxidation sites excluding steroid dienone is 2. The lowest BCUT2D eigenvalue weighted by molar-refractivity contribution is 0.0375. The van der Waals surface area contributed by atoms with Gasteiger partial charge in [-0.2, -0.15) is 0 Å². The van der Waals surface area contributed by atoms with Crippen LogP contribution in [0, 0.1) is 5.41 Å². The second kappa shape index (κ2) is 13.4. The van der Waals surface area contributed by atoms with E-state index in [0.29, 0.717) is 11.6 Å². The highest BCUT2D eigenvalue weighted by Crippen LogP contribution is 2.24. The molecule has 1 atom stereocenters. The van der Waals surface area contributed by atoms with Gasteiger partial charge in [-0.25, -0.2) is 0 Å². The predicted molar refractivity (Wildman–Crippen MR) is 141 cm³/mol. The van der Waals surface area contributed by atoms with Gasteiger partial charge in [0.1, 0.15) is 17.7 Å². The molecule has 0 bridgehead atoms. The van der Waals surface area contributed by atoms with E-state index in [4.69, 9.17) is 26.4 Å². The monoisotopic (exact) mass is 482 g/mol. The third-order valence-electron chi connectivity index (χ3n) is 5.48. The van der Waals surface area contributed by atoms with Crippen molar-refractivity contribution in [2.24, 2.45) is 11.5 Å². The van der Waals surface area contributed by atoms with Crippen LogP contribution >= 0.6 is 0 Å². The van der Waals surface area contributed by atoms with Crippen molar-refractivity contribution < 1.29 is 9.47 Å². The number of pyridine rings is 1. The van der Waals surface area contributed by atoms with Crippen molar-refractivity contribution in [3.05, 3.63) is 59.7 Å². The lowest BCUT2D eigenvalue weighted by atomic mass is 10.1. The van der Waals surface area contributed by atoms with Crippen LogP contribution in [0.15, 0.2) is 48.4 Å². The van der Waals surface area contributed by atoms with Crippen LogP contribution < -0.4 is 27.4 Å². The maximum Gasteiger partial charge on any atom is 0.138 e. The van der Waals surface area contributed by atoms with Crippen molar-refractivity contribution >= 4 is 23.6 Å². The number of hydrogen-bond acceptors (Lipinski definition) is 10. The number of nitrogens with zero attached hydrogens (tertiary/aromatic N) is 2. The number of nitrogens with two attached hydrogens (primary N) is 2. The van der Waals surface area contributed by atoms with Gasteiger partial charge in [0.25, 0.3) is 0 Å². The van der Waals surface area contributed by atoms with Crippen molar-refractivity contribution in [2.45, 2.75) is 32.5 Å². The molecule has 10 heteroatoms. The third-order valence-corrected chi connectivity index (χ3v) is 5.48. The van der Waals surface area contributed by atoms with Crippen molar-refractivity contribution in [1.29, 1.82) is 5.41 Å². The fourth-order valence-corrected chi connectivity index (χ4v) is 3.76. The first kappa shape index (κ1) is 26.1. The summed E-state index contributed by atoms with van der Waals surface area (Å²) in [6.07, 6.45) is 12.7. The van der Waals surface area contributed by atoms with Gasteiger partial charge in [0, 0.05) is 61.7 Å². The van der Waals surface area contributed by atoms with Gasteiger partial charge in [0.15, 0.2) is 0 Å². The van der Waals surface area contributed by atoms with Crippen molar-refractivity contribution in [2.75, 3.05) is 44.7 Å². The van der Waals surface area contributed by atoms with Crippen LogP contribution in [0.25, 0.3) is 11.6 Å². The summed E-state index contributed by atoms with van der Waals surface area (Å²) in [6, 6.07) is 1.99. The third kappa shape index (κ3) is 8.34. The number of rotatable bonds is 12. The molecule has 3 heterocycles. The average Bonchev–Trinajstić information content (AvgIpc) is 2.85. The van der Waals surface area contributed by atoms with Crippen LogP contribution in [-0.4, -0.2) is 67.8 Å². The smallest absolute Gasteiger partial charge is 0.138 e. The first-order valence-electron chi connectivity index (χ1n) is 12.0. The normalized spacial score (nSPS) is 19.2. The summed E-state index contributed by atoms with van der Waals surface area (Å²) in [5, 5.41) is 17.8. The molecule has 0 aliphatic carbocycles. The Morgan fingerprint density at radius 2 is 2.20 bits per heavy atom. The van der Waals surface area contributed by atoms with Crippen LogP contribution in [0.1, 0.15) is 31.5 Å². The predicted octanol–water partition coefficient (Wildman–Crippen LogP) is 1.76. The number of nitrogens with one attached hydrogen (secondary N) is 4. The van der Waals surface area contributed by atoms with Gasteiger partial charge in [-0.15, -0.1) is 0 Å². The van der Waals surface area contributed by atoms with Gasteiger partial charge in [0.05, 0.1) is 30.7 Å². The molecule has 35 heavy (non-hydrogen) atoms. The standard InChI is InChI=1S/C25H38N8O2/c1-18(2)35-21(15-27)13-24(28)32-25-5-4-22-23(31-25)12-19(17-30-22)20(14-26)16-29-6-3-7-33-8-10-34-11-9-33/h4-5,12-18,25-26,29,31-32H,3,6-11,27-28H2,1-2H3/b20-16+,21-15+,24-13+,26-14?. The van der Waals surface area contributed by atoms with Gasteiger partial charge in [0.2, 0.25) is 0 Å². The molecule has 3 rings (SSSR count). The van der Waals surface area contributed by atoms with Gasteiger partial charge in [-0.3, -0.25) is 9.88 Å². The zero-order chi connectivity index (χ0) is 25.0. The van der Waals surface area contributed by atoms with E-state index in [2.05, 4.69) is 25.8 Å². The second-order valence-corrected chi connectivity index (χ2v) is 8.62. The molecular weight excluding hydrogens is 444 g/mol. The highest BCUT2D eigenvalue weighted by atomic mass is 16.5. The number of ether oxygens (including phenoxy) is 2. The Hall–Kier alpha value is -3.50. The summed E-state index contributed by atoms with van der Waals surface area (Å²) < 4.78 is 11.0. The van der Waals surface area contributed by atoms with Crippen LogP contribution in [-0.2, 0) is 9.47 Å². The van der Waals surface area contributed by atoms with E-state index in [9.17, 15) is 0 Å². The number of anilines is 1. The number of morpholine rings is 1. The highest BCUT2D eigenvalue weighted by Gasteiger charge is 2.15. The van der Waals surface area contributed by atoms with E-state index in [1.165, 1.54) is 12.4 Å². The van der Waals surface area contributed by atoms with Gasteiger partial charge in [-0.05, 0) is 45.0 Å². The van der Waals surface area contributed by atoms with E-state index in [1.54, 1.807) is 12.3 Å². The fraction of sp³-hybridized carbons (Fsp3) is 0.440. The molecule has 1 fully saturated rings. The van der Waals surface area contributed by atoms with E-state index in [1.807, 2.05) is 38.3 Å². The Morgan fingerprint density at radius 1 is 1.40 bits per heavy atom. The molecule has 0 amide bonds. The number of aromatic nitrogens is 1. The summed E-state index contributed by atoms with van der Waals surface area (Å²) in [5.74, 6) is 0.908. The topological polar surface area (TPSA) is 147 Å². The number of hydrogen-bond donors (Lipinski definition) is 6. The maximum absolute atomic E-state index is 7.86.